The maximum Gasteiger partial charge on any atom is 0.304 e. The molecule has 1 saturated heterocycles. The van der Waals surface area contributed by atoms with E-state index in [1.54, 1.807) is 0 Å². The standard InChI is InChI=1S/C22H27NO4/c24-21(25)8-11-23-12-9-22(10-13-23)16-27-20-14-18(6-7-19(20)22)26-15-17-4-2-1-3-5-17/h1-5,14H,6-13,15-16H2,(H,24,25). The molecule has 2 aliphatic heterocycles. The van der Waals surface area contributed by atoms with Crippen molar-refractivity contribution in [2.75, 3.05) is 26.2 Å². The zero-order valence-electron chi connectivity index (χ0n) is 15.7. The third-order valence-electron chi connectivity index (χ3n) is 6.08. The number of fused-ring (bicyclic) bond motifs is 1. The van der Waals surface area contributed by atoms with E-state index in [1.165, 1.54) is 11.1 Å². The third-order valence-corrected chi connectivity index (χ3v) is 6.08. The fourth-order valence-electron chi connectivity index (χ4n) is 4.40. The van der Waals surface area contributed by atoms with Crippen molar-refractivity contribution in [3.05, 3.63) is 59.1 Å². The summed E-state index contributed by atoms with van der Waals surface area (Å²) in [6.07, 6.45) is 6.36. The van der Waals surface area contributed by atoms with Gasteiger partial charge in [-0.1, -0.05) is 30.3 Å². The molecular weight excluding hydrogens is 342 g/mol. The van der Waals surface area contributed by atoms with Crippen molar-refractivity contribution in [3.8, 4) is 0 Å². The van der Waals surface area contributed by atoms with Gasteiger partial charge in [0.1, 0.15) is 18.1 Å². The molecule has 1 aromatic carbocycles. The quantitative estimate of drug-likeness (QED) is 0.828. The van der Waals surface area contributed by atoms with E-state index in [4.69, 9.17) is 14.6 Å². The summed E-state index contributed by atoms with van der Waals surface area (Å²) in [7, 11) is 0. The molecule has 3 aliphatic rings. The highest BCUT2D eigenvalue weighted by Gasteiger charge is 2.45. The van der Waals surface area contributed by atoms with Crippen LogP contribution in [0.1, 0.15) is 37.7 Å². The number of allylic oxidation sites excluding steroid dienone is 2. The highest BCUT2D eigenvalue weighted by molar-refractivity contribution is 5.66. The Hall–Kier alpha value is -2.27. The van der Waals surface area contributed by atoms with Gasteiger partial charge in [0.25, 0.3) is 0 Å². The number of rotatable bonds is 6. The van der Waals surface area contributed by atoms with E-state index in [2.05, 4.69) is 23.1 Å². The van der Waals surface area contributed by atoms with Gasteiger partial charge in [-0.25, -0.2) is 0 Å². The first-order chi connectivity index (χ1) is 13.1. The molecule has 1 spiro atoms. The van der Waals surface area contributed by atoms with Crippen LogP contribution in [0, 0.1) is 5.41 Å². The van der Waals surface area contributed by atoms with Crippen molar-refractivity contribution in [2.24, 2.45) is 5.41 Å². The SMILES string of the molecule is O=C(O)CCN1CCC2(CC1)COC1=C2CCC(OCc2ccccc2)=C1. The molecule has 1 fully saturated rings. The minimum atomic E-state index is -0.718. The molecule has 0 radical (unpaired) electrons. The number of hydrogen-bond donors (Lipinski definition) is 1. The number of ether oxygens (including phenoxy) is 2. The second-order valence-electron chi connectivity index (χ2n) is 7.78. The van der Waals surface area contributed by atoms with Crippen LogP contribution >= 0.6 is 0 Å². The molecule has 144 valence electrons. The summed E-state index contributed by atoms with van der Waals surface area (Å²) >= 11 is 0. The monoisotopic (exact) mass is 369 g/mol. The van der Waals surface area contributed by atoms with Crippen LogP contribution in [0.2, 0.25) is 0 Å². The van der Waals surface area contributed by atoms with Gasteiger partial charge in [-0.2, -0.15) is 0 Å². The molecule has 0 aromatic heterocycles. The maximum atomic E-state index is 10.8. The normalized spacial score (nSPS) is 21.6. The molecule has 1 aromatic rings. The number of piperidine rings is 1. The molecule has 1 aliphatic carbocycles. The van der Waals surface area contributed by atoms with E-state index < -0.39 is 5.97 Å². The largest absolute Gasteiger partial charge is 0.493 e. The number of nitrogens with zero attached hydrogens (tertiary/aromatic N) is 1. The maximum absolute atomic E-state index is 10.8. The summed E-state index contributed by atoms with van der Waals surface area (Å²) < 4.78 is 12.1. The predicted octanol–water partition coefficient (Wildman–Crippen LogP) is 3.72. The lowest BCUT2D eigenvalue weighted by molar-refractivity contribution is -0.137. The number of carboxylic acid groups (broad SMARTS) is 1. The Labute approximate surface area is 160 Å². The number of likely N-dealkylation sites (tertiary alicyclic amines) is 1. The number of benzene rings is 1. The lowest BCUT2D eigenvalue weighted by Crippen LogP contribution is -2.42. The van der Waals surface area contributed by atoms with E-state index in [9.17, 15) is 4.79 Å². The van der Waals surface area contributed by atoms with Crippen molar-refractivity contribution in [2.45, 2.75) is 38.7 Å². The van der Waals surface area contributed by atoms with Crippen molar-refractivity contribution in [1.82, 2.24) is 4.90 Å². The molecule has 0 unspecified atom stereocenters. The van der Waals surface area contributed by atoms with Gasteiger partial charge in [0.15, 0.2) is 0 Å². The molecule has 4 rings (SSSR count). The number of hydrogen-bond acceptors (Lipinski definition) is 4. The van der Waals surface area contributed by atoms with Crippen molar-refractivity contribution < 1.29 is 19.4 Å². The average Bonchev–Trinajstić information content (AvgIpc) is 3.04. The van der Waals surface area contributed by atoms with Crippen LogP contribution in [0.25, 0.3) is 0 Å². The minimum absolute atomic E-state index is 0.149. The van der Waals surface area contributed by atoms with Crippen LogP contribution in [-0.2, 0) is 20.9 Å². The van der Waals surface area contributed by atoms with Crippen molar-refractivity contribution in [3.63, 3.8) is 0 Å². The summed E-state index contributed by atoms with van der Waals surface area (Å²) in [4.78, 5) is 13.1. The van der Waals surface area contributed by atoms with Gasteiger partial charge in [0, 0.05) is 24.5 Å². The summed E-state index contributed by atoms with van der Waals surface area (Å²) in [6.45, 7) is 3.91. The van der Waals surface area contributed by atoms with E-state index in [0.29, 0.717) is 13.2 Å². The van der Waals surface area contributed by atoms with Crippen LogP contribution in [-0.4, -0.2) is 42.2 Å². The van der Waals surface area contributed by atoms with E-state index >= 15 is 0 Å². The van der Waals surface area contributed by atoms with Crippen molar-refractivity contribution >= 4 is 5.97 Å². The fraction of sp³-hybridized carbons (Fsp3) is 0.500. The predicted molar refractivity (Wildman–Crippen MR) is 102 cm³/mol. The fourth-order valence-corrected chi connectivity index (χ4v) is 4.40. The van der Waals surface area contributed by atoms with E-state index in [1.807, 2.05) is 18.2 Å². The van der Waals surface area contributed by atoms with E-state index in [0.717, 1.165) is 56.9 Å². The lowest BCUT2D eigenvalue weighted by atomic mass is 9.71. The smallest absolute Gasteiger partial charge is 0.304 e. The average molecular weight is 369 g/mol. The van der Waals surface area contributed by atoms with Crippen LogP contribution < -0.4 is 0 Å². The highest BCUT2D eigenvalue weighted by Crippen LogP contribution is 2.49. The Morgan fingerprint density at radius 1 is 1.19 bits per heavy atom. The first-order valence-corrected chi connectivity index (χ1v) is 9.82. The molecular formula is C22H27NO4. The molecule has 2 heterocycles. The van der Waals surface area contributed by atoms with Crippen molar-refractivity contribution in [1.29, 1.82) is 0 Å². The molecule has 1 N–H and O–H groups in total. The number of aliphatic carboxylic acids is 1. The molecule has 5 nitrogen and oxygen atoms in total. The van der Waals surface area contributed by atoms with Gasteiger partial charge >= 0.3 is 5.97 Å². The highest BCUT2D eigenvalue weighted by atomic mass is 16.5. The van der Waals surface area contributed by atoms with Gasteiger partial charge in [-0.15, -0.1) is 0 Å². The Kier molecular flexibility index (Phi) is 5.21. The van der Waals surface area contributed by atoms with Gasteiger partial charge in [0.2, 0.25) is 0 Å². The second-order valence-corrected chi connectivity index (χ2v) is 7.78. The molecule has 0 atom stereocenters. The van der Waals surface area contributed by atoms with Crippen LogP contribution in [0.5, 0.6) is 0 Å². The molecule has 0 bridgehead atoms. The van der Waals surface area contributed by atoms with Gasteiger partial charge < -0.3 is 19.5 Å². The van der Waals surface area contributed by atoms with Crippen LogP contribution in [0.3, 0.4) is 0 Å². The van der Waals surface area contributed by atoms with Gasteiger partial charge in [-0.05, 0) is 43.5 Å². The first kappa shape index (κ1) is 18.1. The number of carboxylic acids is 1. The third kappa shape index (κ3) is 4.03. The Morgan fingerprint density at radius 2 is 1.96 bits per heavy atom. The zero-order valence-corrected chi connectivity index (χ0v) is 15.7. The summed E-state index contributed by atoms with van der Waals surface area (Å²) in [6, 6.07) is 10.2. The Balaban J connectivity index is 1.36. The zero-order chi connectivity index (χ0) is 18.7. The summed E-state index contributed by atoms with van der Waals surface area (Å²) in [5.41, 5.74) is 2.78. The summed E-state index contributed by atoms with van der Waals surface area (Å²) in [5.74, 6) is 1.31. The molecule has 5 heteroatoms. The first-order valence-electron chi connectivity index (χ1n) is 9.82. The minimum Gasteiger partial charge on any atom is -0.493 e. The molecule has 27 heavy (non-hydrogen) atoms. The lowest BCUT2D eigenvalue weighted by Gasteiger charge is -2.40. The summed E-state index contributed by atoms with van der Waals surface area (Å²) in [5, 5.41) is 8.87. The van der Waals surface area contributed by atoms with E-state index in [-0.39, 0.29) is 11.8 Å². The number of carbonyl (C=O) groups is 1. The Morgan fingerprint density at radius 3 is 2.70 bits per heavy atom. The second kappa shape index (κ2) is 7.77. The van der Waals surface area contributed by atoms with Crippen LogP contribution in [0.4, 0.5) is 0 Å². The molecule has 0 saturated carbocycles. The molecule has 0 amide bonds. The van der Waals surface area contributed by atoms with Crippen LogP contribution in [0.15, 0.2) is 53.5 Å². The van der Waals surface area contributed by atoms with Gasteiger partial charge in [-0.3, -0.25) is 4.79 Å². The Bertz CT molecular complexity index is 745. The van der Waals surface area contributed by atoms with Gasteiger partial charge in [0.05, 0.1) is 13.0 Å². The topological polar surface area (TPSA) is 59.0 Å².